The zero-order valence-electron chi connectivity index (χ0n) is 16.9. The fourth-order valence-corrected chi connectivity index (χ4v) is 3.41. The lowest BCUT2D eigenvalue weighted by Gasteiger charge is -2.10. The number of pyridine rings is 1. The smallest absolute Gasteiger partial charge is 0.328 e. The fourth-order valence-electron chi connectivity index (χ4n) is 2.95. The number of aromatic nitrogens is 1. The Kier molecular flexibility index (Phi) is 11.0. The largest absolute Gasteiger partial charge is 0.491 e. The van der Waals surface area contributed by atoms with E-state index in [4.69, 9.17) is 14.9 Å². The van der Waals surface area contributed by atoms with Gasteiger partial charge in [-0.1, -0.05) is 49.6 Å². The minimum atomic E-state index is -1.05. The van der Waals surface area contributed by atoms with Crippen molar-refractivity contribution in [3.05, 3.63) is 59.5 Å². The van der Waals surface area contributed by atoms with E-state index in [1.807, 2.05) is 12.1 Å². The van der Waals surface area contributed by atoms with Gasteiger partial charge in [-0.05, 0) is 55.2 Å². The summed E-state index contributed by atoms with van der Waals surface area (Å²) in [7, 11) is 0. The second-order valence-corrected chi connectivity index (χ2v) is 7.79. The first kappa shape index (κ1) is 23.9. The highest BCUT2D eigenvalue weighted by atomic mass is 32.2. The van der Waals surface area contributed by atoms with Gasteiger partial charge in [0.2, 0.25) is 0 Å². The lowest BCUT2D eigenvalue weighted by atomic mass is 10.0. The van der Waals surface area contributed by atoms with Crippen LogP contribution in [0.2, 0.25) is 0 Å². The second-order valence-electron chi connectivity index (χ2n) is 6.82. The summed E-state index contributed by atoms with van der Waals surface area (Å²) >= 11 is 1.16. The first-order valence-corrected chi connectivity index (χ1v) is 11.1. The van der Waals surface area contributed by atoms with E-state index in [0.29, 0.717) is 23.1 Å². The molecule has 0 saturated heterocycles. The molecular weight excluding hydrogens is 405 g/mol. The van der Waals surface area contributed by atoms with Gasteiger partial charge < -0.3 is 14.9 Å². The van der Waals surface area contributed by atoms with Crippen molar-refractivity contribution < 1.29 is 24.1 Å². The molecule has 2 rings (SSSR count). The number of carboxylic acids is 1. The number of unbranched alkanes of at least 4 members (excludes halogenated alkanes) is 5. The molecule has 5 nitrogen and oxygen atoms in total. The molecule has 7 heteroatoms. The van der Waals surface area contributed by atoms with E-state index in [-0.39, 0.29) is 11.8 Å². The van der Waals surface area contributed by atoms with Gasteiger partial charge >= 0.3 is 5.97 Å². The van der Waals surface area contributed by atoms with Crippen molar-refractivity contribution in [1.82, 2.24) is 4.98 Å². The van der Waals surface area contributed by atoms with Gasteiger partial charge in [0, 0.05) is 6.08 Å². The highest BCUT2D eigenvalue weighted by Crippen LogP contribution is 2.24. The van der Waals surface area contributed by atoms with E-state index in [1.54, 1.807) is 12.1 Å². The van der Waals surface area contributed by atoms with Crippen LogP contribution in [-0.4, -0.2) is 33.7 Å². The van der Waals surface area contributed by atoms with Gasteiger partial charge in [0.15, 0.2) is 0 Å². The molecule has 0 aliphatic heterocycles. The van der Waals surface area contributed by atoms with Gasteiger partial charge in [-0.25, -0.2) is 14.2 Å². The van der Waals surface area contributed by atoms with Crippen LogP contribution >= 0.6 is 11.8 Å². The maximum Gasteiger partial charge on any atom is 0.328 e. The second kappa shape index (κ2) is 13.8. The number of aryl methyl sites for hydroxylation is 1. The van der Waals surface area contributed by atoms with E-state index in [9.17, 15) is 9.18 Å². The number of thioether (sulfide) groups is 1. The Labute approximate surface area is 181 Å². The Bertz CT molecular complexity index is 811. The molecule has 1 heterocycles. The highest BCUT2D eigenvalue weighted by Gasteiger charge is 2.06. The Morgan fingerprint density at radius 3 is 2.43 bits per heavy atom. The highest BCUT2D eigenvalue weighted by molar-refractivity contribution is 7.99. The number of nitrogens with zero attached hydrogens (tertiary/aromatic N) is 1. The predicted molar refractivity (Wildman–Crippen MR) is 117 cm³/mol. The molecule has 0 saturated carbocycles. The Morgan fingerprint density at radius 2 is 1.73 bits per heavy atom. The average molecular weight is 434 g/mol. The molecule has 162 valence electrons. The SMILES string of the molecule is O=C(O)C=Cc1nc(SCO)ccc1OCCCCCCCCc1ccc(F)cc1. The number of hydrogen-bond acceptors (Lipinski definition) is 5. The standard InChI is InChI=1S/C23H28FNO4S/c24-19-10-8-18(9-11-19)7-5-3-1-2-4-6-16-29-21-13-14-22(30-17-26)25-20(21)12-15-23(27)28/h8-15,26H,1-7,16-17H2,(H,27,28). The number of halogens is 1. The van der Waals surface area contributed by atoms with Crippen LogP contribution in [0.1, 0.15) is 49.8 Å². The van der Waals surface area contributed by atoms with Crippen LogP contribution < -0.4 is 4.74 Å². The average Bonchev–Trinajstić information content (AvgIpc) is 2.73. The lowest BCUT2D eigenvalue weighted by molar-refractivity contribution is -0.131. The zero-order chi connectivity index (χ0) is 21.6. The molecule has 0 aliphatic carbocycles. The van der Waals surface area contributed by atoms with Gasteiger partial charge in [-0.2, -0.15) is 0 Å². The van der Waals surface area contributed by atoms with Crippen LogP contribution in [-0.2, 0) is 11.2 Å². The fraction of sp³-hybridized carbons (Fsp3) is 0.391. The molecule has 0 radical (unpaired) electrons. The maximum atomic E-state index is 12.9. The van der Waals surface area contributed by atoms with E-state index in [2.05, 4.69) is 4.98 Å². The van der Waals surface area contributed by atoms with Gasteiger partial charge in [0.25, 0.3) is 0 Å². The Hall–Kier alpha value is -2.38. The normalized spacial score (nSPS) is 11.1. The number of aliphatic hydroxyl groups is 1. The molecule has 2 N–H and O–H groups in total. The first-order chi connectivity index (χ1) is 14.6. The molecule has 0 atom stereocenters. The van der Waals surface area contributed by atoms with Crippen molar-refractivity contribution in [3.8, 4) is 5.75 Å². The number of ether oxygens (including phenoxy) is 1. The van der Waals surface area contributed by atoms with Gasteiger partial charge in [0.1, 0.15) is 17.3 Å². The molecule has 0 bridgehead atoms. The van der Waals surface area contributed by atoms with Crippen LogP contribution in [0.25, 0.3) is 6.08 Å². The third kappa shape index (κ3) is 9.41. The first-order valence-electron chi connectivity index (χ1n) is 10.1. The van der Waals surface area contributed by atoms with Crippen LogP contribution in [0, 0.1) is 5.82 Å². The van der Waals surface area contributed by atoms with Crippen molar-refractivity contribution in [3.63, 3.8) is 0 Å². The zero-order valence-corrected chi connectivity index (χ0v) is 17.7. The van der Waals surface area contributed by atoms with Crippen LogP contribution in [0.5, 0.6) is 5.75 Å². The van der Waals surface area contributed by atoms with Gasteiger partial charge in [-0.3, -0.25) is 0 Å². The number of benzene rings is 1. The molecular formula is C23H28FNO4S. The van der Waals surface area contributed by atoms with Gasteiger partial charge in [0.05, 0.1) is 17.6 Å². The minimum absolute atomic E-state index is 0.0980. The minimum Gasteiger partial charge on any atom is -0.491 e. The van der Waals surface area contributed by atoms with Crippen molar-refractivity contribution in [1.29, 1.82) is 0 Å². The number of carbonyl (C=O) groups is 1. The van der Waals surface area contributed by atoms with Crippen molar-refractivity contribution in [2.45, 2.75) is 50.0 Å². The molecule has 0 fully saturated rings. The van der Waals surface area contributed by atoms with Crippen molar-refractivity contribution in [2.24, 2.45) is 0 Å². The third-order valence-corrected chi connectivity index (χ3v) is 5.14. The number of hydrogen-bond donors (Lipinski definition) is 2. The van der Waals surface area contributed by atoms with E-state index in [0.717, 1.165) is 62.8 Å². The quantitative estimate of drug-likeness (QED) is 0.182. The molecule has 1 aromatic heterocycles. The van der Waals surface area contributed by atoms with E-state index < -0.39 is 5.97 Å². The third-order valence-electron chi connectivity index (χ3n) is 4.49. The van der Waals surface area contributed by atoms with Crippen molar-refractivity contribution >= 4 is 23.8 Å². The number of carboxylic acid groups (broad SMARTS) is 1. The topological polar surface area (TPSA) is 79.7 Å². The number of aliphatic hydroxyl groups excluding tert-OH is 1. The number of rotatable bonds is 14. The van der Waals surface area contributed by atoms with E-state index >= 15 is 0 Å². The van der Waals surface area contributed by atoms with Crippen LogP contribution in [0.4, 0.5) is 4.39 Å². The van der Waals surface area contributed by atoms with Crippen LogP contribution in [0.3, 0.4) is 0 Å². The summed E-state index contributed by atoms with van der Waals surface area (Å²) in [4.78, 5) is 15.1. The summed E-state index contributed by atoms with van der Waals surface area (Å²) in [5.41, 5.74) is 1.62. The molecule has 0 amide bonds. The maximum absolute atomic E-state index is 12.9. The molecule has 0 spiro atoms. The summed E-state index contributed by atoms with van der Waals surface area (Å²) < 4.78 is 18.7. The summed E-state index contributed by atoms with van der Waals surface area (Å²) in [6, 6.07) is 10.2. The molecule has 0 aliphatic rings. The van der Waals surface area contributed by atoms with Crippen molar-refractivity contribution in [2.75, 3.05) is 12.5 Å². The predicted octanol–water partition coefficient (Wildman–Crippen LogP) is 5.32. The Balaban J connectivity index is 1.64. The van der Waals surface area contributed by atoms with E-state index in [1.165, 1.54) is 23.8 Å². The molecule has 2 aromatic rings. The van der Waals surface area contributed by atoms with Gasteiger partial charge in [-0.15, -0.1) is 0 Å². The summed E-state index contributed by atoms with van der Waals surface area (Å²) in [5, 5.41) is 18.4. The number of aliphatic carboxylic acids is 1. The molecule has 30 heavy (non-hydrogen) atoms. The summed E-state index contributed by atoms with van der Waals surface area (Å²) in [5.74, 6) is -0.808. The molecule has 0 unspecified atom stereocenters. The summed E-state index contributed by atoms with van der Waals surface area (Å²) in [6.45, 7) is 0.539. The summed E-state index contributed by atoms with van der Waals surface area (Å²) in [6.07, 6.45) is 9.91. The molecule has 1 aromatic carbocycles. The lowest BCUT2D eigenvalue weighted by Crippen LogP contribution is -2.01. The van der Waals surface area contributed by atoms with Crippen LogP contribution in [0.15, 0.2) is 47.5 Å². The Morgan fingerprint density at radius 1 is 1.03 bits per heavy atom. The monoisotopic (exact) mass is 433 g/mol.